The van der Waals surface area contributed by atoms with Crippen molar-refractivity contribution in [3.8, 4) is 5.75 Å². The van der Waals surface area contributed by atoms with Crippen LogP contribution in [-0.4, -0.2) is 78.0 Å². The molecule has 10 nitrogen and oxygen atoms in total. The number of piperidine rings is 1. The van der Waals surface area contributed by atoms with Crippen LogP contribution in [0.1, 0.15) is 83.7 Å². The largest absolute Gasteiger partial charge is 0.476 e. The van der Waals surface area contributed by atoms with Crippen LogP contribution in [0.15, 0.2) is 12.1 Å². The van der Waals surface area contributed by atoms with E-state index in [1.165, 1.54) is 35.8 Å². The normalized spacial score (nSPS) is 19.2. The average Bonchev–Trinajstić information content (AvgIpc) is 2.87. The van der Waals surface area contributed by atoms with Gasteiger partial charge in [0.2, 0.25) is 5.91 Å². The summed E-state index contributed by atoms with van der Waals surface area (Å²) in [5, 5.41) is 3.91. The molecule has 0 aliphatic carbocycles. The second kappa shape index (κ2) is 12.1. The number of halogens is 3. The van der Waals surface area contributed by atoms with Crippen LogP contribution in [0.5, 0.6) is 5.75 Å². The molecule has 3 amide bonds. The van der Waals surface area contributed by atoms with E-state index in [1.807, 2.05) is 0 Å². The van der Waals surface area contributed by atoms with Crippen molar-refractivity contribution in [2.75, 3.05) is 31.6 Å². The SMILES string of the molecule is CNC(=O)CCN1C(=O)C(C)(C)Oc2cc(C(F)(F)F)c(C(=O)N(C(C)C)[C@@H]3CCCN(OC(=O)C(C)(C)C)C3)cc21. The first-order chi connectivity index (χ1) is 19.3. The molecule has 13 heteroatoms. The Bertz CT molecular complexity index is 1220. The highest BCUT2D eigenvalue weighted by Gasteiger charge is 2.45. The van der Waals surface area contributed by atoms with Gasteiger partial charge in [0.15, 0.2) is 5.60 Å². The number of fused-ring (bicyclic) bond motifs is 1. The Morgan fingerprint density at radius 2 is 1.83 bits per heavy atom. The van der Waals surface area contributed by atoms with Crippen molar-refractivity contribution in [2.45, 2.75) is 91.6 Å². The predicted octanol–water partition coefficient (Wildman–Crippen LogP) is 4.16. The van der Waals surface area contributed by atoms with E-state index in [0.717, 1.165) is 12.1 Å². The zero-order valence-electron chi connectivity index (χ0n) is 25.5. The Morgan fingerprint density at radius 1 is 1.19 bits per heavy atom. The van der Waals surface area contributed by atoms with E-state index >= 15 is 0 Å². The number of ether oxygens (including phenoxy) is 1. The van der Waals surface area contributed by atoms with Gasteiger partial charge in [-0.3, -0.25) is 14.4 Å². The summed E-state index contributed by atoms with van der Waals surface area (Å²) >= 11 is 0. The topological polar surface area (TPSA) is 108 Å². The number of benzene rings is 1. The maximum atomic E-state index is 14.4. The summed E-state index contributed by atoms with van der Waals surface area (Å²) in [5.41, 5.74) is -4.11. The van der Waals surface area contributed by atoms with E-state index < -0.39 is 58.2 Å². The van der Waals surface area contributed by atoms with Crippen LogP contribution in [-0.2, 0) is 25.4 Å². The lowest BCUT2D eigenvalue weighted by Gasteiger charge is -2.42. The molecular formula is C29H41F3N4O6. The molecule has 0 bridgehead atoms. The van der Waals surface area contributed by atoms with Gasteiger partial charge in [-0.25, -0.2) is 4.79 Å². The van der Waals surface area contributed by atoms with Crippen molar-refractivity contribution in [1.82, 2.24) is 15.3 Å². The monoisotopic (exact) mass is 598 g/mol. The molecule has 2 aliphatic heterocycles. The summed E-state index contributed by atoms with van der Waals surface area (Å²) in [4.78, 5) is 59.8. The number of nitrogens with zero attached hydrogens (tertiary/aromatic N) is 3. The molecule has 1 aromatic rings. The molecule has 0 unspecified atom stereocenters. The molecule has 1 fully saturated rings. The van der Waals surface area contributed by atoms with Gasteiger partial charge >= 0.3 is 12.1 Å². The second-order valence-corrected chi connectivity index (χ2v) is 12.5. The highest BCUT2D eigenvalue weighted by atomic mass is 19.4. The quantitative estimate of drug-likeness (QED) is 0.502. The molecule has 2 aliphatic rings. The summed E-state index contributed by atoms with van der Waals surface area (Å²) in [6.07, 6.45) is -3.97. The highest BCUT2D eigenvalue weighted by Crippen LogP contribution is 2.44. The lowest BCUT2D eigenvalue weighted by atomic mass is 9.96. The van der Waals surface area contributed by atoms with Crippen LogP contribution in [0.25, 0.3) is 0 Å². The number of hydrogen-bond acceptors (Lipinski definition) is 7. The zero-order chi connectivity index (χ0) is 31.8. The molecule has 42 heavy (non-hydrogen) atoms. The Labute approximate surface area is 244 Å². The number of alkyl halides is 3. The first-order valence-electron chi connectivity index (χ1n) is 14.0. The van der Waals surface area contributed by atoms with Crippen LogP contribution in [0, 0.1) is 5.41 Å². The van der Waals surface area contributed by atoms with Crippen LogP contribution in [0.4, 0.5) is 18.9 Å². The van der Waals surface area contributed by atoms with Crippen LogP contribution in [0.2, 0.25) is 0 Å². The zero-order valence-corrected chi connectivity index (χ0v) is 25.5. The Hall–Kier alpha value is -3.35. The molecule has 1 aromatic carbocycles. The molecule has 0 saturated carbocycles. The highest BCUT2D eigenvalue weighted by molar-refractivity contribution is 6.05. The van der Waals surface area contributed by atoms with E-state index in [2.05, 4.69) is 5.32 Å². The van der Waals surface area contributed by atoms with Gasteiger partial charge in [0.05, 0.1) is 28.8 Å². The fraction of sp³-hybridized carbons (Fsp3) is 0.655. The van der Waals surface area contributed by atoms with E-state index in [-0.39, 0.29) is 36.9 Å². The first-order valence-corrected chi connectivity index (χ1v) is 14.0. The number of carbonyl (C=O) groups excluding carboxylic acids is 4. The third kappa shape index (κ3) is 7.16. The number of carbonyl (C=O) groups is 4. The molecule has 1 N–H and O–H groups in total. The summed E-state index contributed by atoms with van der Waals surface area (Å²) in [7, 11) is 1.44. The van der Waals surface area contributed by atoms with Gasteiger partial charge in [-0.2, -0.15) is 13.2 Å². The minimum absolute atomic E-state index is 0.0207. The van der Waals surface area contributed by atoms with Crippen molar-refractivity contribution in [2.24, 2.45) is 5.41 Å². The maximum absolute atomic E-state index is 14.4. The van der Waals surface area contributed by atoms with Gasteiger partial charge < -0.3 is 24.7 Å². The molecule has 234 valence electrons. The molecule has 2 heterocycles. The number of hydrogen-bond donors (Lipinski definition) is 1. The minimum atomic E-state index is -4.91. The summed E-state index contributed by atoms with van der Waals surface area (Å²) in [6, 6.07) is 0.740. The number of rotatable bonds is 7. The van der Waals surface area contributed by atoms with E-state index in [4.69, 9.17) is 9.57 Å². The number of nitrogens with one attached hydrogen (secondary N) is 1. The Balaban J connectivity index is 2.06. The molecule has 0 aromatic heterocycles. The molecule has 0 spiro atoms. The van der Waals surface area contributed by atoms with Crippen molar-refractivity contribution in [3.63, 3.8) is 0 Å². The number of anilines is 1. The number of amides is 3. The third-order valence-corrected chi connectivity index (χ3v) is 7.26. The van der Waals surface area contributed by atoms with Gasteiger partial charge in [0.25, 0.3) is 11.8 Å². The van der Waals surface area contributed by atoms with Gasteiger partial charge in [0, 0.05) is 38.6 Å². The van der Waals surface area contributed by atoms with Crippen LogP contribution >= 0.6 is 0 Å². The Kier molecular flexibility index (Phi) is 9.55. The van der Waals surface area contributed by atoms with E-state index in [1.54, 1.807) is 34.6 Å². The van der Waals surface area contributed by atoms with Gasteiger partial charge in [-0.05, 0) is 73.4 Å². The van der Waals surface area contributed by atoms with E-state index in [0.29, 0.717) is 19.4 Å². The Morgan fingerprint density at radius 3 is 2.38 bits per heavy atom. The van der Waals surface area contributed by atoms with Gasteiger partial charge in [-0.1, -0.05) is 0 Å². The maximum Gasteiger partial charge on any atom is 0.417 e. The smallest absolute Gasteiger partial charge is 0.417 e. The van der Waals surface area contributed by atoms with Crippen molar-refractivity contribution in [3.05, 3.63) is 23.3 Å². The molecule has 1 saturated heterocycles. The minimum Gasteiger partial charge on any atom is -0.476 e. The molecule has 1 atom stereocenters. The van der Waals surface area contributed by atoms with Gasteiger partial charge in [0.1, 0.15) is 5.75 Å². The molecule has 3 rings (SSSR count). The van der Waals surface area contributed by atoms with Gasteiger partial charge in [-0.15, -0.1) is 5.06 Å². The predicted molar refractivity (Wildman–Crippen MR) is 149 cm³/mol. The standard InChI is InChI=1S/C29H41F3N4O6/c1-17(2)36(18-10-9-12-34(16-18)42-26(40)27(3,4)5)24(38)19-14-21-22(15-20(19)29(30,31)32)41-28(6,7)25(39)35(21)13-11-23(37)33-8/h14-15,17-18H,9-13,16H2,1-8H3,(H,33,37)/t18-/m1/s1. The number of hydroxylamine groups is 2. The lowest BCUT2D eigenvalue weighted by molar-refractivity contribution is -0.208. The third-order valence-electron chi connectivity index (χ3n) is 7.26. The van der Waals surface area contributed by atoms with E-state index in [9.17, 15) is 32.3 Å². The molecular weight excluding hydrogens is 557 g/mol. The van der Waals surface area contributed by atoms with Crippen molar-refractivity contribution in [1.29, 1.82) is 0 Å². The summed E-state index contributed by atoms with van der Waals surface area (Å²) in [5.74, 6) is -2.46. The second-order valence-electron chi connectivity index (χ2n) is 12.5. The summed E-state index contributed by atoms with van der Waals surface area (Å²) in [6.45, 7) is 11.8. The molecule has 0 radical (unpaired) electrons. The average molecular weight is 599 g/mol. The van der Waals surface area contributed by atoms with Crippen LogP contribution in [0.3, 0.4) is 0 Å². The summed E-state index contributed by atoms with van der Waals surface area (Å²) < 4.78 is 49.0. The van der Waals surface area contributed by atoms with Crippen molar-refractivity contribution < 1.29 is 41.9 Å². The van der Waals surface area contributed by atoms with Crippen LogP contribution < -0.4 is 15.0 Å². The van der Waals surface area contributed by atoms with Crippen molar-refractivity contribution >= 4 is 29.4 Å². The first kappa shape index (κ1) is 33.2. The lowest BCUT2D eigenvalue weighted by Crippen LogP contribution is -2.54. The fourth-order valence-corrected chi connectivity index (χ4v) is 5.03. The fourth-order valence-electron chi connectivity index (χ4n) is 5.03.